The maximum Gasteiger partial charge on any atom is 0.573 e. The van der Waals surface area contributed by atoms with Gasteiger partial charge in [-0.1, -0.05) is 13.8 Å². The largest absolute Gasteiger partial charge is 0.573 e. The van der Waals surface area contributed by atoms with E-state index in [2.05, 4.69) is 15.0 Å². The predicted molar refractivity (Wildman–Crippen MR) is 97.6 cm³/mol. The highest BCUT2D eigenvalue weighted by Gasteiger charge is 2.35. The van der Waals surface area contributed by atoms with E-state index in [1.54, 1.807) is 26.0 Å². The van der Waals surface area contributed by atoms with Crippen molar-refractivity contribution in [2.75, 3.05) is 16.8 Å². The highest BCUT2D eigenvalue weighted by molar-refractivity contribution is 6.10. The number of aromatic nitrogens is 1. The number of alkyl halides is 3. The molecule has 1 aromatic carbocycles. The normalized spacial score (nSPS) is 14.8. The molecule has 1 unspecified atom stereocenters. The zero-order chi connectivity index (χ0) is 21.2. The van der Waals surface area contributed by atoms with Gasteiger partial charge in [0.15, 0.2) is 11.9 Å². The van der Waals surface area contributed by atoms with Gasteiger partial charge < -0.3 is 14.8 Å². The molecule has 0 bridgehead atoms. The summed E-state index contributed by atoms with van der Waals surface area (Å²) in [6.45, 7) is 3.30. The van der Waals surface area contributed by atoms with Crippen molar-refractivity contribution in [3.8, 4) is 11.5 Å². The van der Waals surface area contributed by atoms with Gasteiger partial charge in [-0.25, -0.2) is 4.98 Å². The number of fused-ring (bicyclic) bond motifs is 1. The van der Waals surface area contributed by atoms with Crippen molar-refractivity contribution < 1.29 is 32.2 Å². The molecule has 1 atom stereocenters. The molecule has 2 heterocycles. The topological polar surface area (TPSA) is 80.8 Å². The Morgan fingerprint density at radius 1 is 1.17 bits per heavy atom. The second kappa shape index (κ2) is 7.98. The maximum absolute atomic E-state index is 13.1. The van der Waals surface area contributed by atoms with Crippen molar-refractivity contribution in [1.82, 2.24) is 4.98 Å². The fourth-order valence-corrected chi connectivity index (χ4v) is 2.79. The fraction of sp³-hybridized carbons (Fsp3) is 0.316. The number of carbonyl (C=O) groups excluding carboxylic acids is 2. The van der Waals surface area contributed by atoms with Gasteiger partial charge in [-0.3, -0.25) is 14.5 Å². The molecule has 0 spiro atoms. The van der Waals surface area contributed by atoms with Crippen LogP contribution in [0.25, 0.3) is 0 Å². The number of halogens is 3. The Labute approximate surface area is 164 Å². The van der Waals surface area contributed by atoms with Gasteiger partial charge >= 0.3 is 6.36 Å². The van der Waals surface area contributed by atoms with Gasteiger partial charge in [0.25, 0.3) is 5.91 Å². The summed E-state index contributed by atoms with van der Waals surface area (Å²) < 4.78 is 46.4. The lowest BCUT2D eigenvalue weighted by molar-refractivity contribution is -0.274. The van der Waals surface area contributed by atoms with Crippen molar-refractivity contribution in [3.05, 3.63) is 42.6 Å². The molecule has 1 aliphatic heterocycles. The van der Waals surface area contributed by atoms with E-state index in [9.17, 15) is 22.8 Å². The third kappa shape index (κ3) is 4.95. The van der Waals surface area contributed by atoms with Crippen LogP contribution in [0.4, 0.5) is 24.7 Å². The van der Waals surface area contributed by atoms with E-state index in [0.717, 1.165) is 12.1 Å². The number of benzene rings is 1. The Morgan fingerprint density at radius 2 is 1.83 bits per heavy atom. The molecule has 3 rings (SSSR count). The summed E-state index contributed by atoms with van der Waals surface area (Å²) in [5.74, 6) is -1.04. The molecule has 10 heteroatoms. The zero-order valence-electron chi connectivity index (χ0n) is 15.6. The molecule has 1 N–H and O–H groups in total. The van der Waals surface area contributed by atoms with Crippen LogP contribution in [0.3, 0.4) is 0 Å². The number of nitrogens with zero attached hydrogens (tertiary/aromatic N) is 2. The van der Waals surface area contributed by atoms with Crippen molar-refractivity contribution in [1.29, 1.82) is 0 Å². The quantitative estimate of drug-likeness (QED) is 0.819. The van der Waals surface area contributed by atoms with Crippen molar-refractivity contribution in [3.63, 3.8) is 0 Å². The van der Waals surface area contributed by atoms with Gasteiger partial charge in [0.05, 0.1) is 5.69 Å². The van der Waals surface area contributed by atoms with E-state index in [4.69, 9.17) is 4.74 Å². The molecule has 0 saturated heterocycles. The number of rotatable bonds is 5. The molecule has 1 aliphatic rings. The standard InChI is InChI=1S/C19H18F3N3O4/c1-11(2)16(28-12-5-7-13(8-6-12)29-19(20,21)22)18(27)25-10-15(26)24-14-4-3-9-23-17(14)25/h3-9,11,16H,10H2,1-2H3,(H,24,26). The smallest absolute Gasteiger partial charge is 0.480 e. The first-order valence-electron chi connectivity index (χ1n) is 8.73. The Bertz CT molecular complexity index is 900. The molecule has 0 fully saturated rings. The van der Waals surface area contributed by atoms with Gasteiger partial charge in [0.2, 0.25) is 5.91 Å². The number of hydrogen-bond acceptors (Lipinski definition) is 5. The monoisotopic (exact) mass is 409 g/mol. The summed E-state index contributed by atoms with van der Waals surface area (Å²) in [7, 11) is 0. The Kier molecular flexibility index (Phi) is 5.62. The summed E-state index contributed by atoms with van der Waals surface area (Å²) in [6.07, 6.45) is -4.28. The number of carbonyl (C=O) groups is 2. The molecule has 0 radical (unpaired) electrons. The minimum atomic E-state index is -4.80. The second-order valence-corrected chi connectivity index (χ2v) is 6.65. The Balaban J connectivity index is 1.80. The first kappa shape index (κ1) is 20.4. The molecular formula is C19H18F3N3O4. The molecule has 2 amide bonds. The van der Waals surface area contributed by atoms with Gasteiger partial charge in [0, 0.05) is 6.20 Å². The van der Waals surface area contributed by atoms with Crippen LogP contribution in [0.2, 0.25) is 0 Å². The number of pyridine rings is 1. The second-order valence-electron chi connectivity index (χ2n) is 6.65. The maximum atomic E-state index is 13.1. The molecule has 29 heavy (non-hydrogen) atoms. The molecule has 154 valence electrons. The molecule has 2 aromatic rings. The van der Waals surface area contributed by atoms with Crippen LogP contribution in [-0.4, -0.2) is 35.8 Å². The lowest BCUT2D eigenvalue weighted by Crippen LogP contribution is -2.50. The zero-order valence-corrected chi connectivity index (χ0v) is 15.6. The van der Waals surface area contributed by atoms with E-state index in [0.29, 0.717) is 11.5 Å². The number of hydrogen-bond donors (Lipinski definition) is 1. The third-order valence-electron chi connectivity index (χ3n) is 4.05. The summed E-state index contributed by atoms with van der Waals surface area (Å²) in [6, 6.07) is 8.00. The highest BCUT2D eigenvalue weighted by atomic mass is 19.4. The lowest BCUT2D eigenvalue weighted by Gasteiger charge is -2.32. The SMILES string of the molecule is CC(C)C(Oc1ccc(OC(F)(F)F)cc1)C(=O)N1CC(=O)Nc2cccnc21. The molecule has 0 aliphatic carbocycles. The average Bonchev–Trinajstić information content (AvgIpc) is 2.64. The van der Waals surface area contributed by atoms with Crippen molar-refractivity contribution in [2.24, 2.45) is 5.92 Å². The molecule has 0 saturated carbocycles. The number of anilines is 2. The van der Waals surface area contributed by atoms with Crippen LogP contribution in [0, 0.1) is 5.92 Å². The fourth-order valence-electron chi connectivity index (χ4n) is 2.79. The third-order valence-corrected chi connectivity index (χ3v) is 4.05. The van der Waals surface area contributed by atoms with Gasteiger partial charge in [-0.15, -0.1) is 13.2 Å². The van der Waals surface area contributed by atoms with Gasteiger partial charge in [0.1, 0.15) is 18.0 Å². The van der Waals surface area contributed by atoms with Crippen LogP contribution >= 0.6 is 0 Å². The van der Waals surface area contributed by atoms with Crippen LogP contribution < -0.4 is 19.7 Å². The summed E-state index contributed by atoms with van der Waals surface area (Å²) in [5, 5.41) is 2.65. The summed E-state index contributed by atoms with van der Waals surface area (Å²) >= 11 is 0. The van der Waals surface area contributed by atoms with E-state index >= 15 is 0 Å². The lowest BCUT2D eigenvalue weighted by atomic mass is 10.1. The predicted octanol–water partition coefficient (Wildman–Crippen LogP) is 3.37. The summed E-state index contributed by atoms with van der Waals surface area (Å²) in [5.41, 5.74) is 0.410. The molecule has 7 nitrogen and oxygen atoms in total. The first-order valence-corrected chi connectivity index (χ1v) is 8.73. The van der Waals surface area contributed by atoms with E-state index < -0.39 is 24.1 Å². The number of amides is 2. The number of ether oxygens (including phenoxy) is 2. The van der Waals surface area contributed by atoms with E-state index in [1.165, 1.54) is 23.2 Å². The van der Waals surface area contributed by atoms with Gasteiger partial charge in [-0.2, -0.15) is 0 Å². The van der Waals surface area contributed by atoms with Crippen LogP contribution in [0.5, 0.6) is 11.5 Å². The first-order chi connectivity index (χ1) is 13.6. The Hall–Kier alpha value is -3.30. The highest BCUT2D eigenvalue weighted by Crippen LogP contribution is 2.29. The van der Waals surface area contributed by atoms with Crippen LogP contribution in [0.15, 0.2) is 42.6 Å². The summed E-state index contributed by atoms with van der Waals surface area (Å²) in [4.78, 5) is 30.5. The minimum absolute atomic E-state index is 0.189. The van der Waals surface area contributed by atoms with Crippen LogP contribution in [0.1, 0.15) is 13.8 Å². The van der Waals surface area contributed by atoms with E-state index in [1.807, 2.05) is 0 Å². The van der Waals surface area contributed by atoms with Crippen molar-refractivity contribution >= 4 is 23.3 Å². The van der Waals surface area contributed by atoms with Crippen molar-refractivity contribution in [2.45, 2.75) is 26.3 Å². The van der Waals surface area contributed by atoms with Crippen LogP contribution in [-0.2, 0) is 9.59 Å². The van der Waals surface area contributed by atoms with E-state index in [-0.39, 0.29) is 24.1 Å². The molecule has 1 aromatic heterocycles. The number of nitrogens with one attached hydrogen (secondary N) is 1. The Morgan fingerprint density at radius 3 is 2.45 bits per heavy atom. The minimum Gasteiger partial charge on any atom is -0.480 e. The average molecular weight is 409 g/mol. The van der Waals surface area contributed by atoms with Gasteiger partial charge in [-0.05, 0) is 42.3 Å². The molecular weight excluding hydrogens is 391 g/mol.